The molecule has 0 aliphatic carbocycles. The van der Waals surface area contributed by atoms with Crippen molar-refractivity contribution >= 4 is 0 Å². The Morgan fingerprint density at radius 2 is 2.28 bits per heavy atom. The smallest absolute Gasteiger partial charge is 0.147 e. The summed E-state index contributed by atoms with van der Waals surface area (Å²) in [4.78, 5) is 2.49. The maximum atomic E-state index is 5.63. The Kier molecular flexibility index (Phi) is 5.13. The SMILES string of the molecule is CCC(CCN)CCCN1CCn2cnnc2C1. The van der Waals surface area contributed by atoms with Crippen molar-refractivity contribution in [3.63, 3.8) is 0 Å². The normalized spacial score (nSPS) is 17.7. The van der Waals surface area contributed by atoms with Crippen LogP contribution in [0.3, 0.4) is 0 Å². The second-order valence-electron chi connectivity index (χ2n) is 5.21. The van der Waals surface area contributed by atoms with Crippen molar-refractivity contribution in [1.82, 2.24) is 19.7 Å². The number of aromatic nitrogens is 3. The Bertz CT molecular complexity index is 349. The van der Waals surface area contributed by atoms with Crippen molar-refractivity contribution in [1.29, 1.82) is 0 Å². The summed E-state index contributed by atoms with van der Waals surface area (Å²) in [5.74, 6) is 1.92. The Hall–Kier alpha value is -0.940. The van der Waals surface area contributed by atoms with Crippen LogP contribution in [0.15, 0.2) is 6.33 Å². The average Bonchev–Trinajstić information content (AvgIpc) is 2.85. The van der Waals surface area contributed by atoms with Gasteiger partial charge in [-0.1, -0.05) is 13.3 Å². The second kappa shape index (κ2) is 6.85. The van der Waals surface area contributed by atoms with Crippen LogP contribution in [0, 0.1) is 5.92 Å². The van der Waals surface area contributed by atoms with Crippen LogP contribution in [0.5, 0.6) is 0 Å². The molecule has 1 aliphatic heterocycles. The Morgan fingerprint density at radius 3 is 3.06 bits per heavy atom. The zero-order valence-electron chi connectivity index (χ0n) is 11.4. The molecule has 0 saturated heterocycles. The minimum atomic E-state index is 0.809. The Labute approximate surface area is 109 Å². The summed E-state index contributed by atoms with van der Waals surface area (Å²) in [6.45, 7) is 7.37. The fraction of sp³-hybridized carbons (Fsp3) is 0.846. The third-order valence-corrected chi connectivity index (χ3v) is 3.96. The van der Waals surface area contributed by atoms with Gasteiger partial charge in [-0.05, 0) is 38.3 Å². The maximum absolute atomic E-state index is 5.63. The molecule has 1 aromatic heterocycles. The van der Waals surface area contributed by atoms with Gasteiger partial charge in [0.25, 0.3) is 0 Å². The third kappa shape index (κ3) is 3.53. The van der Waals surface area contributed by atoms with E-state index in [9.17, 15) is 0 Å². The highest BCUT2D eigenvalue weighted by Gasteiger charge is 2.17. The summed E-state index contributed by atoms with van der Waals surface area (Å²) in [5.41, 5.74) is 5.63. The van der Waals surface area contributed by atoms with Gasteiger partial charge in [0.2, 0.25) is 0 Å². The maximum Gasteiger partial charge on any atom is 0.147 e. The number of fused-ring (bicyclic) bond motifs is 1. The molecule has 1 atom stereocenters. The van der Waals surface area contributed by atoms with Crippen molar-refractivity contribution in [3.8, 4) is 0 Å². The molecule has 0 amide bonds. The van der Waals surface area contributed by atoms with Crippen LogP contribution in [0.2, 0.25) is 0 Å². The summed E-state index contributed by atoms with van der Waals surface area (Å²) in [6, 6.07) is 0. The van der Waals surface area contributed by atoms with E-state index in [1.807, 2.05) is 6.33 Å². The number of hydrogen-bond acceptors (Lipinski definition) is 4. The number of rotatable bonds is 7. The van der Waals surface area contributed by atoms with E-state index >= 15 is 0 Å². The second-order valence-corrected chi connectivity index (χ2v) is 5.21. The zero-order chi connectivity index (χ0) is 12.8. The molecule has 1 aromatic rings. The molecule has 1 aliphatic rings. The molecule has 5 nitrogen and oxygen atoms in total. The van der Waals surface area contributed by atoms with E-state index < -0.39 is 0 Å². The van der Waals surface area contributed by atoms with Crippen LogP contribution < -0.4 is 5.73 Å². The van der Waals surface area contributed by atoms with E-state index in [0.717, 1.165) is 37.9 Å². The fourth-order valence-electron chi connectivity index (χ4n) is 2.70. The quantitative estimate of drug-likeness (QED) is 0.792. The van der Waals surface area contributed by atoms with E-state index in [1.165, 1.54) is 32.2 Å². The van der Waals surface area contributed by atoms with Crippen LogP contribution in [0.1, 0.15) is 38.4 Å². The van der Waals surface area contributed by atoms with Gasteiger partial charge in [0.15, 0.2) is 0 Å². The molecule has 1 unspecified atom stereocenters. The lowest BCUT2D eigenvalue weighted by atomic mass is 9.96. The van der Waals surface area contributed by atoms with Crippen molar-refractivity contribution < 1.29 is 0 Å². The predicted octanol–water partition coefficient (Wildman–Crippen LogP) is 1.25. The minimum absolute atomic E-state index is 0.809. The van der Waals surface area contributed by atoms with E-state index in [1.54, 1.807) is 0 Å². The van der Waals surface area contributed by atoms with Crippen molar-refractivity contribution in [2.45, 2.75) is 45.7 Å². The van der Waals surface area contributed by atoms with Crippen LogP contribution in [0.25, 0.3) is 0 Å². The Morgan fingerprint density at radius 1 is 1.39 bits per heavy atom. The topological polar surface area (TPSA) is 60.0 Å². The van der Waals surface area contributed by atoms with Crippen LogP contribution in [-0.4, -0.2) is 39.3 Å². The fourth-order valence-corrected chi connectivity index (χ4v) is 2.70. The molecular formula is C13H25N5. The van der Waals surface area contributed by atoms with Crippen LogP contribution >= 0.6 is 0 Å². The third-order valence-electron chi connectivity index (χ3n) is 3.96. The van der Waals surface area contributed by atoms with Gasteiger partial charge < -0.3 is 10.3 Å². The zero-order valence-corrected chi connectivity index (χ0v) is 11.4. The molecule has 0 saturated carbocycles. The van der Waals surface area contributed by atoms with Crippen molar-refractivity contribution in [2.24, 2.45) is 11.7 Å². The Balaban J connectivity index is 1.69. The first-order valence-corrected chi connectivity index (χ1v) is 7.12. The van der Waals surface area contributed by atoms with Gasteiger partial charge in [-0.25, -0.2) is 0 Å². The molecule has 102 valence electrons. The molecular weight excluding hydrogens is 226 g/mol. The summed E-state index contributed by atoms with van der Waals surface area (Å²) in [6.07, 6.45) is 6.83. The van der Waals surface area contributed by atoms with Gasteiger partial charge in [-0.15, -0.1) is 10.2 Å². The van der Waals surface area contributed by atoms with E-state index in [-0.39, 0.29) is 0 Å². The summed E-state index contributed by atoms with van der Waals surface area (Å²) in [5, 5.41) is 8.11. The summed E-state index contributed by atoms with van der Waals surface area (Å²) in [7, 11) is 0. The number of nitrogens with zero attached hydrogens (tertiary/aromatic N) is 4. The minimum Gasteiger partial charge on any atom is -0.330 e. The average molecular weight is 251 g/mol. The van der Waals surface area contributed by atoms with Crippen molar-refractivity contribution in [3.05, 3.63) is 12.2 Å². The molecule has 18 heavy (non-hydrogen) atoms. The molecule has 0 aromatic carbocycles. The van der Waals surface area contributed by atoms with Gasteiger partial charge in [0.05, 0.1) is 6.54 Å². The first-order chi connectivity index (χ1) is 8.83. The number of nitrogens with two attached hydrogens (primary N) is 1. The highest BCUT2D eigenvalue weighted by atomic mass is 15.3. The molecule has 0 spiro atoms. The largest absolute Gasteiger partial charge is 0.330 e. The standard InChI is InChI=1S/C13H25N5/c1-2-12(5-6-14)4-3-7-17-8-9-18-11-15-16-13(18)10-17/h11-12H,2-10,14H2,1H3. The first kappa shape index (κ1) is 13.5. The molecule has 0 bridgehead atoms. The highest BCUT2D eigenvalue weighted by Crippen LogP contribution is 2.16. The molecule has 5 heteroatoms. The van der Waals surface area contributed by atoms with Crippen molar-refractivity contribution in [2.75, 3.05) is 19.6 Å². The molecule has 2 N–H and O–H groups in total. The molecule has 2 heterocycles. The lowest BCUT2D eigenvalue weighted by Gasteiger charge is -2.27. The van der Waals surface area contributed by atoms with Crippen LogP contribution in [0.4, 0.5) is 0 Å². The molecule has 0 fully saturated rings. The van der Waals surface area contributed by atoms with Gasteiger partial charge in [-0.3, -0.25) is 4.90 Å². The lowest BCUT2D eigenvalue weighted by Crippen LogP contribution is -2.34. The van der Waals surface area contributed by atoms with Gasteiger partial charge in [-0.2, -0.15) is 0 Å². The van der Waals surface area contributed by atoms with Gasteiger partial charge in [0.1, 0.15) is 12.2 Å². The van der Waals surface area contributed by atoms with Gasteiger partial charge >= 0.3 is 0 Å². The number of hydrogen-bond donors (Lipinski definition) is 1. The molecule has 0 radical (unpaired) electrons. The summed E-state index contributed by atoms with van der Waals surface area (Å²) >= 11 is 0. The van der Waals surface area contributed by atoms with Gasteiger partial charge in [0, 0.05) is 13.1 Å². The highest BCUT2D eigenvalue weighted by molar-refractivity contribution is 4.89. The van der Waals surface area contributed by atoms with E-state index in [2.05, 4.69) is 26.6 Å². The lowest BCUT2D eigenvalue weighted by molar-refractivity contribution is 0.207. The van der Waals surface area contributed by atoms with E-state index in [0.29, 0.717) is 0 Å². The van der Waals surface area contributed by atoms with E-state index in [4.69, 9.17) is 5.73 Å². The summed E-state index contributed by atoms with van der Waals surface area (Å²) < 4.78 is 2.15. The first-order valence-electron chi connectivity index (χ1n) is 7.12. The predicted molar refractivity (Wildman–Crippen MR) is 72.0 cm³/mol. The molecule has 2 rings (SSSR count). The van der Waals surface area contributed by atoms with Crippen LogP contribution in [-0.2, 0) is 13.1 Å². The monoisotopic (exact) mass is 251 g/mol.